The molecule has 0 saturated heterocycles. The molecule has 92 valence electrons. The fourth-order valence-electron chi connectivity index (χ4n) is 1.94. The van der Waals surface area contributed by atoms with Gasteiger partial charge in [0.1, 0.15) is 5.60 Å². The van der Waals surface area contributed by atoms with E-state index in [0.717, 1.165) is 15.6 Å². The van der Waals surface area contributed by atoms with E-state index in [9.17, 15) is 10.2 Å². The molecule has 0 spiro atoms. The molecule has 1 aromatic carbocycles. The van der Waals surface area contributed by atoms with Crippen LogP contribution in [0.2, 0.25) is 0 Å². The maximum absolute atomic E-state index is 10.5. The normalized spacial score (nSPS) is 16.9. The Hall–Kier alpha value is -0.940. The lowest BCUT2D eigenvalue weighted by Crippen LogP contribution is -2.48. The minimum absolute atomic E-state index is 0.218. The molecule has 0 aliphatic rings. The molecule has 2 unspecified atom stereocenters. The highest BCUT2D eigenvalue weighted by atomic mass is 32.1. The molecule has 1 aromatic heterocycles. The third-order valence-electron chi connectivity index (χ3n) is 3.35. The molecule has 2 aromatic rings. The van der Waals surface area contributed by atoms with Crippen molar-refractivity contribution in [2.24, 2.45) is 0 Å². The standard InChI is InChI=1S/C13H17NO2S/c1-9(14-2)13(16,8-15)11-4-3-10-5-6-17-12(10)7-11/h3-7,9,14-16H,8H2,1-2H3. The van der Waals surface area contributed by atoms with Gasteiger partial charge in [-0.2, -0.15) is 0 Å². The summed E-state index contributed by atoms with van der Waals surface area (Å²) < 4.78 is 1.12. The molecule has 0 bridgehead atoms. The van der Waals surface area contributed by atoms with E-state index in [-0.39, 0.29) is 12.6 Å². The Morgan fingerprint density at radius 3 is 2.82 bits per heavy atom. The monoisotopic (exact) mass is 251 g/mol. The molecule has 2 rings (SSSR count). The van der Waals surface area contributed by atoms with Crippen LogP contribution < -0.4 is 5.32 Å². The van der Waals surface area contributed by atoms with E-state index in [0.29, 0.717) is 0 Å². The van der Waals surface area contributed by atoms with Gasteiger partial charge in [0.15, 0.2) is 0 Å². The first-order valence-electron chi connectivity index (χ1n) is 5.60. The molecule has 3 nitrogen and oxygen atoms in total. The second kappa shape index (κ2) is 4.74. The van der Waals surface area contributed by atoms with Gasteiger partial charge in [0.2, 0.25) is 0 Å². The van der Waals surface area contributed by atoms with Crippen molar-refractivity contribution in [3.05, 3.63) is 35.2 Å². The van der Waals surface area contributed by atoms with Crippen LogP contribution in [0.4, 0.5) is 0 Å². The van der Waals surface area contributed by atoms with Crippen LogP contribution in [0.1, 0.15) is 12.5 Å². The van der Waals surface area contributed by atoms with Gasteiger partial charge in [0.25, 0.3) is 0 Å². The van der Waals surface area contributed by atoms with Gasteiger partial charge < -0.3 is 15.5 Å². The van der Waals surface area contributed by atoms with E-state index in [1.165, 1.54) is 0 Å². The van der Waals surface area contributed by atoms with Gasteiger partial charge in [-0.05, 0) is 42.4 Å². The van der Waals surface area contributed by atoms with Gasteiger partial charge in [-0.15, -0.1) is 11.3 Å². The minimum atomic E-state index is -1.24. The fraction of sp³-hybridized carbons (Fsp3) is 0.385. The Morgan fingerprint density at radius 2 is 2.18 bits per heavy atom. The summed E-state index contributed by atoms with van der Waals surface area (Å²) in [6, 6.07) is 7.63. The summed E-state index contributed by atoms with van der Waals surface area (Å²) in [5.41, 5.74) is -0.496. The number of aliphatic hydroxyl groups is 2. The number of benzene rings is 1. The lowest BCUT2D eigenvalue weighted by atomic mass is 9.87. The number of hydrogen-bond donors (Lipinski definition) is 3. The average molecular weight is 251 g/mol. The third-order valence-corrected chi connectivity index (χ3v) is 4.23. The molecule has 2 atom stereocenters. The summed E-state index contributed by atoms with van der Waals surface area (Å²) in [6.07, 6.45) is 0. The first-order valence-corrected chi connectivity index (χ1v) is 6.48. The molecule has 0 aliphatic heterocycles. The van der Waals surface area contributed by atoms with E-state index in [2.05, 4.69) is 5.32 Å². The summed E-state index contributed by atoms with van der Waals surface area (Å²) in [5, 5.41) is 26.2. The first-order chi connectivity index (χ1) is 8.11. The highest BCUT2D eigenvalue weighted by Crippen LogP contribution is 2.30. The quantitative estimate of drug-likeness (QED) is 0.775. The number of likely N-dealkylation sites (N-methyl/N-ethyl adjacent to an activating group) is 1. The number of thiophene rings is 1. The van der Waals surface area contributed by atoms with Gasteiger partial charge in [0.05, 0.1) is 6.61 Å². The number of hydrogen-bond acceptors (Lipinski definition) is 4. The van der Waals surface area contributed by atoms with Crippen LogP contribution in [0.25, 0.3) is 10.1 Å². The summed E-state index contributed by atoms with van der Waals surface area (Å²) >= 11 is 1.63. The van der Waals surface area contributed by atoms with E-state index in [4.69, 9.17) is 0 Å². The molecule has 1 heterocycles. The topological polar surface area (TPSA) is 52.5 Å². The van der Waals surface area contributed by atoms with Crippen molar-refractivity contribution in [2.75, 3.05) is 13.7 Å². The van der Waals surface area contributed by atoms with Crippen molar-refractivity contribution in [3.8, 4) is 0 Å². The minimum Gasteiger partial charge on any atom is -0.393 e. The van der Waals surface area contributed by atoms with Crippen LogP contribution in [0.15, 0.2) is 29.6 Å². The van der Waals surface area contributed by atoms with Crippen LogP contribution in [-0.2, 0) is 5.60 Å². The second-order valence-corrected chi connectivity index (χ2v) is 5.21. The van der Waals surface area contributed by atoms with Crippen LogP contribution in [0.3, 0.4) is 0 Å². The van der Waals surface area contributed by atoms with Gasteiger partial charge in [-0.1, -0.05) is 12.1 Å². The van der Waals surface area contributed by atoms with Crippen LogP contribution in [-0.4, -0.2) is 29.9 Å². The fourth-order valence-corrected chi connectivity index (χ4v) is 2.77. The van der Waals surface area contributed by atoms with Crippen molar-refractivity contribution in [3.63, 3.8) is 0 Å². The molecule has 0 saturated carbocycles. The van der Waals surface area contributed by atoms with Gasteiger partial charge in [0, 0.05) is 10.7 Å². The molecular weight excluding hydrogens is 234 g/mol. The molecule has 4 heteroatoms. The summed E-state index contributed by atoms with van der Waals surface area (Å²) in [5.74, 6) is 0. The lowest BCUT2D eigenvalue weighted by Gasteiger charge is -2.32. The maximum Gasteiger partial charge on any atom is 0.128 e. The summed E-state index contributed by atoms with van der Waals surface area (Å²) in [7, 11) is 1.77. The molecular formula is C13H17NO2S. The third kappa shape index (κ3) is 2.09. The predicted octanol–water partition coefficient (Wildman–Crippen LogP) is 1.69. The van der Waals surface area contributed by atoms with Crippen molar-refractivity contribution < 1.29 is 10.2 Å². The summed E-state index contributed by atoms with van der Waals surface area (Å²) in [4.78, 5) is 0. The smallest absolute Gasteiger partial charge is 0.128 e. The number of rotatable bonds is 4. The molecule has 3 N–H and O–H groups in total. The SMILES string of the molecule is CNC(C)C(O)(CO)c1ccc2ccsc2c1. The highest BCUT2D eigenvalue weighted by Gasteiger charge is 2.34. The van der Waals surface area contributed by atoms with Gasteiger partial charge in [-0.25, -0.2) is 0 Å². The number of aliphatic hydroxyl groups excluding tert-OH is 1. The molecule has 0 fully saturated rings. The summed E-state index contributed by atoms with van der Waals surface area (Å²) in [6.45, 7) is 1.56. The molecule has 0 radical (unpaired) electrons. The number of fused-ring (bicyclic) bond motifs is 1. The van der Waals surface area contributed by atoms with Crippen LogP contribution >= 0.6 is 11.3 Å². The Balaban J connectivity index is 2.48. The van der Waals surface area contributed by atoms with E-state index < -0.39 is 5.60 Å². The van der Waals surface area contributed by atoms with E-state index in [1.54, 1.807) is 18.4 Å². The van der Waals surface area contributed by atoms with Gasteiger partial charge in [-0.3, -0.25) is 0 Å². The Labute approximate surface area is 105 Å². The number of nitrogens with one attached hydrogen (secondary N) is 1. The molecule has 0 aliphatic carbocycles. The molecule has 17 heavy (non-hydrogen) atoms. The average Bonchev–Trinajstić information content (AvgIpc) is 2.83. The lowest BCUT2D eigenvalue weighted by molar-refractivity contribution is -0.0435. The molecule has 0 amide bonds. The van der Waals surface area contributed by atoms with Gasteiger partial charge >= 0.3 is 0 Å². The second-order valence-electron chi connectivity index (χ2n) is 4.27. The van der Waals surface area contributed by atoms with Crippen molar-refractivity contribution in [1.82, 2.24) is 5.32 Å². The Bertz CT molecular complexity index is 511. The van der Waals surface area contributed by atoms with Crippen molar-refractivity contribution >= 4 is 21.4 Å². The maximum atomic E-state index is 10.5. The predicted molar refractivity (Wildman–Crippen MR) is 71.3 cm³/mol. The van der Waals surface area contributed by atoms with Crippen molar-refractivity contribution in [2.45, 2.75) is 18.6 Å². The Morgan fingerprint density at radius 1 is 1.41 bits per heavy atom. The zero-order valence-corrected chi connectivity index (χ0v) is 10.8. The van der Waals surface area contributed by atoms with Crippen LogP contribution in [0, 0.1) is 0 Å². The first kappa shape index (κ1) is 12.5. The Kier molecular flexibility index (Phi) is 3.49. The van der Waals surface area contributed by atoms with E-state index in [1.807, 2.05) is 36.6 Å². The highest BCUT2D eigenvalue weighted by molar-refractivity contribution is 7.17. The zero-order chi connectivity index (χ0) is 12.5. The van der Waals surface area contributed by atoms with Crippen LogP contribution in [0.5, 0.6) is 0 Å². The largest absolute Gasteiger partial charge is 0.393 e. The van der Waals surface area contributed by atoms with Crippen molar-refractivity contribution in [1.29, 1.82) is 0 Å². The zero-order valence-electron chi connectivity index (χ0n) is 9.97. The van der Waals surface area contributed by atoms with E-state index >= 15 is 0 Å².